The number of likely N-dealkylation sites (N-methyl/N-ethyl adjacent to an activating group) is 1. The van der Waals surface area contributed by atoms with Crippen LogP contribution in [-0.2, 0) is 0 Å². The second kappa shape index (κ2) is 9.40. The molecular formula is C24H25N5O2. The highest BCUT2D eigenvalue weighted by Crippen LogP contribution is 2.20. The molecule has 2 amide bonds. The first-order valence-corrected chi connectivity index (χ1v) is 10.3. The topological polar surface area (TPSA) is 77.6 Å². The Morgan fingerprint density at radius 3 is 2.23 bits per heavy atom. The lowest BCUT2D eigenvalue weighted by Crippen LogP contribution is -2.44. The summed E-state index contributed by atoms with van der Waals surface area (Å²) in [5.74, 6) is -0.133. The SMILES string of the molecule is CN1CCN(c2ccc(NC(=O)c3ccccc3NC(=O)c3ccccc3)nc2)CC1. The molecule has 0 aliphatic carbocycles. The number of aromatic nitrogens is 1. The zero-order chi connectivity index (χ0) is 21.6. The number of benzene rings is 2. The minimum atomic E-state index is -0.330. The van der Waals surface area contributed by atoms with Crippen LogP contribution in [0, 0.1) is 0 Å². The number of para-hydroxylation sites is 1. The zero-order valence-corrected chi connectivity index (χ0v) is 17.4. The van der Waals surface area contributed by atoms with Crippen LogP contribution in [0.4, 0.5) is 17.2 Å². The standard InChI is InChI=1S/C24H25N5O2/c1-28-13-15-29(16-14-28)19-11-12-22(25-17-19)27-24(31)20-9-5-6-10-21(20)26-23(30)18-7-3-2-4-8-18/h2-12,17H,13-16H2,1H3,(H,26,30)(H,25,27,31). The summed E-state index contributed by atoms with van der Waals surface area (Å²) in [7, 11) is 2.12. The Bertz CT molecular complexity index is 1050. The van der Waals surface area contributed by atoms with E-state index in [0.717, 1.165) is 31.9 Å². The molecule has 0 saturated carbocycles. The van der Waals surface area contributed by atoms with Gasteiger partial charge in [-0.1, -0.05) is 30.3 Å². The smallest absolute Gasteiger partial charge is 0.258 e. The van der Waals surface area contributed by atoms with Crippen LogP contribution in [0.1, 0.15) is 20.7 Å². The number of hydrogen-bond acceptors (Lipinski definition) is 5. The Kier molecular flexibility index (Phi) is 6.24. The van der Waals surface area contributed by atoms with Crippen LogP contribution in [0.2, 0.25) is 0 Å². The molecule has 2 N–H and O–H groups in total. The van der Waals surface area contributed by atoms with E-state index >= 15 is 0 Å². The maximum absolute atomic E-state index is 12.9. The van der Waals surface area contributed by atoms with Crippen LogP contribution in [0.5, 0.6) is 0 Å². The summed E-state index contributed by atoms with van der Waals surface area (Å²) in [6, 6.07) is 19.6. The molecule has 4 rings (SSSR count). The number of amides is 2. The summed E-state index contributed by atoms with van der Waals surface area (Å²) < 4.78 is 0. The molecule has 1 aromatic heterocycles. The predicted octanol–water partition coefficient (Wildman–Crippen LogP) is 3.34. The van der Waals surface area contributed by atoms with Gasteiger partial charge in [0.25, 0.3) is 11.8 Å². The lowest BCUT2D eigenvalue weighted by molar-refractivity contribution is 0.102. The summed E-state index contributed by atoms with van der Waals surface area (Å²) in [6.07, 6.45) is 1.78. The average molecular weight is 415 g/mol. The lowest BCUT2D eigenvalue weighted by atomic mass is 10.1. The summed E-state index contributed by atoms with van der Waals surface area (Å²) in [4.78, 5) is 34.3. The molecule has 2 aromatic carbocycles. The van der Waals surface area contributed by atoms with Crippen LogP contribution in [0.15, 0.2) is 72.9 Å². The molecule has 7 heteroatoms. The molecule has 31 heavy (non-hydrogen) atoms. The number of nitrogens with zero attached hydrogens (tertiary/aromatic N) is 3. The number of pyridine rings is 1. The molecule has 0 spiro atoms. The molecule has 0 radical (unpaired) electrons. The van der Waals surface area contributed by atoms with Gasteiger partial charge >= 0.3 is 0 Å². The molecule has 1 fully saturated rings. The van der Waals surface area contributed by atoms with Gasteiger partial charge in [-0.2, -0.15) is 0 Å². The normalized spacial score (nSPS) is 14.2. The third-order valence-corrected chi connectivity index (χ3v) is 5.31. The van der Waals surface area contributed by atoms with Gasteiger partial charge in [0.15, 0.2) is 0 Å². The van der Waals surface area contributed by atoms with Gasteiger partial charge < -0.3 is 20.4 Å². The number of piperazine rings is 1. The number of rotatable bonds is 5. The number of hydrogen-bond donors (Lipinski definition) is 2. The molecule has 1 saturated heterocycles. The molecule has 0 bridgehead atoms. The molecular weight excluding hydrogens is 390 g/mol. The van der Waals surface area contributed by atoms with Crippen molar-refractivity contribution in [2.75, 3.05) is 48.8 Å². The van der Waals surface area contributed by atoms with E-state index in [1.165, 1.54) is 0 Å². The Hall–Kier alpha value is -3.71. The molecule has 7 nitrogen and oxygen atoms in total. The second-order valence-corrected chi connectivity index (χ2v) is 7.51. The Morgan fingerprint density at radius 1 is 0.806 bits per heavy atom. The van der Waals surface area contributed by atoms with Gasteiger partial charge in [-0.05, 0) is 43.4 Å². The molecule has 3 aromatic rings. The molecule has 1 aliphatic heterocycles. The fraction of sp³-hybridized carbons (Fsp3) is 0.208. The van der Waals surface area contributed by atoms with Gasteiger partial charge in [-0.25, -0.2) is 4.98 Å². The van der Waals surface area contributed by atoms with Crippen molar-refractivity contribution >= 4 is 29.0 Å². The average Bonchev–Trinajstić information content (AvgIpc) is 2.81. The van der Waals surface area contributed by atoms with Crippen molar-refractivity contribution in [3.05, 3.63) is 84.1 Å². The lowest BCUT2D eigenvalue weighted by Gasteiger charge is -2.33. The molecule has 0 unspecified atom stereocenters. The van der Waals surface area contributed by atoms with E-state index in [0.29, 0.717) is 22.6 Å². The van der Waals surface area contributed by atoms with E-state index in [-0.39, 0.29) is 11.8 Å². The summed E-state index contributed by atoms with van der Waals surface area (Å²) in [5.41, 5.74) is 2.39. The van der Waals surface area contributed by atoms with Crippen molar-refractivity contribution in [2.45, 2.75) is 0 Å². The molecule has 2 heterocycles. The number of anilines is 3. The van der Waals surface area contributed by atoms with E-state index in [2.05, 4.69) is 32.5 Å². The van der Waals surface area contributed by atoms with Crippen molar-refractivity contribution in [3.8, 4) is 0 Å². The van der Waals surface area contributed by atoms with Gasteiger partial charge in [0.05, 0.1) is 23.1 Å². The number of carbonyl (C=O) groups excluding carboxylic acids is 2. The summed E-state index contributed by atoms with van der Waals surface area (Å²) in [5, 5.41) is 5.64. The fourth-order valence-electron chi connectivity index (χ4n) is 3.47. The molecule has 0 atom stereocenters. The Balaban J connectivity index is 1.43. The first-order valence-electron chi connectivity index (χ1n) is 10.3. The fourth-order valence-corrected chi connectivity index (χ4v) is 3.47. The second-order valence-electron chi connectivity index (χ2n) is 7.51. The first kappa shape index (κ1) is 20.6. The van der Waals surface area contributed by atoms with Crippen molar-refractivity contribution in [1.82, 2.24) is 9.88 Å². The monoisotopic (exact) mass is 415 g/mol. The largest absolute Gasteiger partial charge is 0.368 e. The molecule has 158 valence electrons. The highest BCUT2D eigenvalue weighted by atomic mass is 16.2. The maximum atomic E-state index is 12.9. The predicted molar refractivity (Wildman–Crippen MR) is 123 cm³/mol. The van der Waals surface area contributed by atoms with E-state index < -0.39 is 0 Å². The maximum Gasteiger partial charge on any atom is 0.258 e. The van der Waals surface area contributed by atoms with E-state index in [1.54, 1.807) is 60.8 Å². The van der Waals surface area contributed by atoms with Gasteiger partial charge in [-0.15, -0.1) is 0 Å². The molecule has 1 aliphatic rings. The van der Waals surface area contributed by atoms with E-state index in [4.69, 9.17) is 0 Å². The van der Waals surface area contributed by atoms with E-state index in [1.807, 2.05) is 12.1 Å². The van der Waals surface area contributed by atoms with Gasteiger partial charge in [0.1, 0.15) is 5.82 Å². The minimum absolute atomic E-state index is 0.268. The van der Waals surface area contributed by atoms with Crippen molar-refractivity contribution < 1.29 is 9.59 Å². The highest BCUT2D eigenvalue weighted by Gasteiger charge is 2.16. The third kappa shape index (κ3) is 5.07. The number of nitrogens with one attached hydrogen (secondary N) is 2. The summed E-state index contributed by atoms with van der Waals surface area (Å²) >= 11 is 0. The van der Waals surface area contributed by atoms with Gasteiger partial charge in [0.2, 0.25) is 0 Å². The van der Waals surface area contributed by atoms with Crippen LogP contribution in [0.25, 0.3) is 0 Å². The van der Waals surface area contributed by atoms with Crippen molar-refractivity contribution in [2.24, 2.45) is 0 Å². The number of carbonyl (C=O) groups is 2. The summed E-state index contributed by atoms with van der Waals surface area (Å²) in [6.45, 7) is 3.95. The zero-order valence-electron chi connectivity index (χ0n) is 17.4. The van der Waals surface area contributed by atoms with Crippen LogP contribution >= 0.6 is 0 Å². The van der Waals surface area contributed by atoms with Gasteiger partial charge in [0, 0.05) is 31.7 Å². The Labute approximate surface area is 181 Å². The van der Waals surface area contributed by atoms with Crippen molar-refractivity contribution in [1.29, 1.82) is 0 Å². The van der Waals surface area contributed by atoms with Crippen LogP contribution < -0.4 is 15.5 Å². The Morgan fingerprint density at radius 2 is 1.52 bits per heavy atom. The van der Waals surface area contributed by atoms with E-state index in [9.17, 15) is 9.59 Å². The van der Waals surface area contributed by atoms with Crippen molar-refractivity contribution in [3.63, 3.8) is 0 Å². The van der Waals surface area contributed by atoms with Gasteiger partial charge in [-0.3, -0.25) is 9.59 Å². The van der Waals surface area contributed by atoms with Crippen LogP contribution in [0.3, 0.4) is 0 Å². The highest BCUT2D eigenvalue weighted by molar-refractivity contribution is 6.12. The quantitative estimate of drug-likeness (QED) is 0.668. The van der Waals surface area contributed by atoms with Crippen LogP contribution in [-0.4, -0.2) is 54.9 Å². The minimum Gasteiger partial charge on any atom is -0.368 e. The third-order valence-electron chi connectivity index (χ3n) is 5.31. The first-order chi connectivity index (χ1) is 15.1.